The van der Waals surface area contributed by atoms with E-state index in [1.54, 1.807) is 6.92 Å². The van der Waals surface area contributed by atoms with E-state index in [9.17, 15) is 9.59 Å². The van der Waals surface area contributed by atoms with Gasteiger partial charge in [-0.05, 0) is 39.8 Å². The number of carbonyl (C=O) groups is 2. The van der Waals surface area contributed by atoms with Crippen LogP contribution >= 0.6 is 0 Å². The number of hydrogen-bond donors (Lipinski definition) is 2. The molecule has 0 saturated heterocycles. The molecule has 6 nitrogen and oxygen atoms in total. The van der Waals surface area contributed by atoms with Crippen molar-refractivity contribution in [2.45, 2.75) is 57.8 Å². The lowest BCUT2D eigenvalue weighted by Crippen LogP contribution is -2.58. The van der Waals surface area contributed by atoms with Crippen molar-refractivity contribution in [2.75, 3.05) is 21.2 Å². The minimum absolute atomic E-state index is 0.0648. The number of nitrogens with one attached hydrogen (secondary N) is 2. The highest BCUT2D eigenvalue weighted by atomic mass is 16.5. The van der Waals surface area contributed by atoms with E-state index >= 15 is 0 Å². The van der Waals surface area contributed by atoms with Gasteiger partial charge >= 0.3 is 0 Å². The van der Waals surface area contributed by atoms with Gasteiger partial charge in [-0.2, -0.15) is 0 Å². The van der Waals surface area contributed by atoms with Crippen molar-refractivity contribution in [3.8, 4) is 0 Å². The van der Waals surface area contributed by atoms with Gasteiger partial charge < -0.3 is 15.4 Å². The summed E-state index contributed by atoms with van der Waals surface area (Å²) in [7, 11) is 5.35. The van der Waals surface area contributed by atoms with E-state index < -0.39 is 6.10 Å². The van der Waals surface area contributed by atoms with Gasteiger partial charge in [-0.25, -0.2) is 0 Å². The first-order valence-corrected chi connectivity index (χ1v) is 7.56. The van der Waals surface area contributed by atoms with Crippen molar-refractivity contribution >= 4 is 11.8 Å². The fourth-order valence-electron chi connectivity index (χ4n) is 2.70. The minimum Gasteiger partial charge on any atom is -0.372 e. The Bertz CT molecular complexity index is 357. The van der Waals surface area contributed by atoms with Gasteiger partial charge in [0.15, 0.2) is 0 Å². The monoisotopic (exact) mass is 299 g/mol. The SMILES string of the molecule is COC(C)C(=O)NC1CC(NC(=O)[C@@H](C(C)C)N(C)C)C1. The molecule has 0 bridgehead atoms. The molecule has 2 N–H and O–H groups in total. The molecule has 1 fully saturated rings. The summed E-state index contributed by atoms with van der Waals surface area (Å²) in [6.07, 6.45) is 1.14. The van der Waals surface area contributed by atoms with Crippen LogP contribution in [-0.2, 0) is 14.3 Å². The second-order valence-electron chi connectivity index (χ2n) is 6.41. The number of amides is 2. The molecule has 1 aliphatic carbocycles. The van der Waals surface area contributed by atoms with Crippen LogP contribution < -0.4 is 10.6 Å². The summed E-state index contributed by atoms with van der Waals surface area (Å²) in [5, 5.41) is 5.98. The van der Waals surface area contributed by atoms with E-state index in [0.29, 0.717) is 0 Å². The first-order valence-electron chi connectivity index (χ1n) is 7.56. The number of methoxy groups -OCH3 is 1. The minimum atomic E-state index is -0.433. The predicted molar refractivity (Wildman–Crippen MR) is 81.9 cm³/mol. The number of carbonyl (C=O) groups excluding carboxylic acids is 2. The topological polar surface area (TPSA) is 70.7 Å². The Kier molecular flexibility index (Phi) is 6.61. The number of nitrogens with zero attached hydrogens (tertiary/aromatic N) is 1. The second-order valence-corrected chi connectivity index (χ2v) is 6.41. The molecule has 0 spiro atoms. The van der Waals surface area contributed by atoms with Crippen molar-refractivity contribution in [1.29, 1.82) is 0 Å². The molecule has 0 aromatic rings. The smallest absolute Gasteiger partial charge is 0.249 e. The molecule has 122 valence electrons. The summed E-state index contributed by atoms with van der Waals surface area (Å²) in [4.78, 5) is 25.9. The molecule has 1 saturated carbocycles. The molecule has 0 heterocycles. The Morgan fingerprint density at radius 3 is 1.90 bits per heavy atom. The standard InChI is InChI=1S/C15H29N3O3/c1-9(2)13(18(4)5)15(20)17-12-7-11(8-12)16-14(19)10(3)21-6/h9-13H,7-8H2,1-6H3,(H,16,19)(H,17,20)/t10?,11?,12?,13-/m1/s1. The van der Waals surface area contributed by atoms with E-state index in [2.05, 4.69) is 10.6 Å². The molecule has 21 heavy (non-hydrogen) atoms. The molecule has 1 unspecified atom stereocenters. The molecule has 2 amide bonds. The Morgan fingerprint density at radius 1 is 1.05 bits per heavy atom. The number of likely N-dealkylation sites (N-methyl/N-ethyl adjacent to an activating group) is 1. The van der Waals surface area contributed by atoms with Crippen LogP contribution in [0.25, 0.3) is 0 Å². The molecular weight excluding hydrogens is 270 g/mol. The van der Waals surface area contributed by atoms with Crippen LogP contribution in [0.15, 0.2) is 0 Å². The van der Waals surface area contributed by atoms with Crippen LogP contribution in [0.1, 0.15) is 33.6 Å². The van der Waals surface area contributed by atoms with Gasteiger partial charge in [0.1, 0.15) is 6.10 Å². The molecule has 0 aromatic heterocycles. The van der Waals surface area contributed by atoms with Crippen LogP contribution in [0.2, 0.25) is 0 Å². The zero-order chi connectivity index (χ0) is 16.2. The van der Waals surface area contributed by atoms with Gasteiger partial charge in [0, 0.05) is 19.2 Å². The Balaban J connectivity index is 2.34. The Hall–Kier alpha value is -1.14. The van der Waals surface area contributed by atoms with Crippen LogP contribution in [0.4, 0.5) is 0 Å². The maximum Gasteiger partial charge on any atom is 0.249 e. The molecule has 0 radical (unpaired) electrons. The van der Waals surface area contributed by atoms with E-state index in [1.807, 2.05) is 32.8 Å². The molecule has 1 rings (SSSR count). The first-order chi connectivity index (χ1) is 9.76. The zero-order valence-corrected chi connectivity index (χ0v) is 14.0. The normalized spacial score (nSPS) is 24.4. The van der Waals surface area contributed by atoms with E-state index in [0.717, 1.165) is 12.8 Å². The van der Waals surface area contributed by atoms with Gasteiger partial charge in [0.2, 0.25) is 11.8 Å². The average Bonchev–Trinajstić information content (AvgIpc) is 2.33. The molecule has 0 aliphatic heterocycles. The largest absolute Gasteiger partial charge is 0.372 e. The number of ether oxygens (including phenoxy) is 1. The highest BCUT2D eigenvalue weighted by molar-refractivity contribution is 5.83. The van der Waals surface area contributed by atoms with Gasteiger partial charge in [-0.3, -0.25) is 14.5 Å². The van der Waals surface area contributed by atoms with Crippen molar-refractivity contribution in [1.82, 2.24) is 15.5 Å². The van der Waals surface area contributed by atoms with Crippen LogP contribution in [0, 0.1) is 5.92 Å². The lowest BCUT2D eigenvalue weighted by atomic mass is 9.86. The Morgan fingerprint density at radius 2 is 1.52 bits per heavy atom. The summed E-state index contributed by atoms with van der Waals surface area (Å²) in [6.45, 7) is 5.80. The van der Waals surface area contributed by atoms with Crippen molar-refractivity contribution in [2.24, 2.45) is 5.92 Å². The molecule has 0 aromatic carbocycles. The Labute approximate surface area is 127 Å². The average molecular weight is 299 g/mol. The van der Waals surface area contributed by atoms with E-state index in [-0.39, 0.29) is 35.9 Å². The zero-order valence-electron chi connectivity index (χ0n) is 14.0. The summed E-state index contributed by atoms with van der Waals surface area (Å²) < 4.78 is 4.97. The third kappa shape index (κ3) is 4.97. The van der Waals surface area contributed by atoms with Crippen molar-refractivity contribution < 1.29 is 14.3 Å². The van der Waals surface area contributed by atoms with E-state index in [1.165, 1.54) is 7.11 Å². The highest BCUT2D eigenvalue weighted by Gasteiger charge is 2.34. The third-order valence-electron chi connectivity index (χ3n) is 4.01. The number of hydrogen-bond acceptors (Lipinski definition) is 4. The molecule has 1 aliphatic rings. The first kappa shape index (κ1) is 17.9. The van der Waals surface area contributed by atoms with Crippen molar-refractivity contribution in [3.63, 3.8) is 0 Å². The van der Waals surface area contributed by atoms with Gasteiger partial charge in [-0.15, -0.1) is 0 Å². The second kappa shape index (κ2) is 7.75. The van der Waals surface area contributed by atoms with Crippen LogP contribution in [0.3, 0.4) is 0 Å². The van der Waals surface area contributed by atoms with Gasteiger partial charge in [0.05, 0.1) is 6.04 Å². The fraction of sp³-hybridized carbons (Fsp3) is 0.867. The quantitative estimate of drug-likeness (QED) is 0.712. The predicted octanol–water partition coefficient (Wildman–Crippen LogP) is 0.371. The molecule has 6 heteroatoms. The van der Waals surface area contributed by atoms with Crippen molar-refractivity contribution in [3.05, 3.63) is 0 Å². The lowest BCUT2D eigenvalue weighted by molar-refractivity contribution is -0.131. The number of rotatable bonds is 7. The maximum atomic E-state index is 12.3. The summed E-state index contributed by atoms with van der Waals surface area (Å²) in [5.74, 6) is 0.230. The lowest BCUT2D eigenvalue weighted by Gasteiger charge is -2.38. The maximum absolute atomic E-state index is 12.3. The van der Waals surface area contributed by atoms with Gasteiger partial charge in [0.25, 0.3) is 0 Å². The van der Waals surface area contributed by atoms with Crippen LogP contribution in [-0.4, -0.2) is 62.1 Å². The fourth-order valence-corrected chi connectivity index (χ4v) is 2.70. The summed E-state index contributed by atoms with van der Waals surface area (Å²) in [5.41, 5.74) is 0. The third-order valence-corrected chi connectivity index (χ3v) is 4.01. The highest BCUT2D eigenvalue weighted by Crippen LogP contribution is 2.21. The summed E-state index contributed by atoms with van der Waals surface area (Å²) in [6, 6.07) is 0.172. The van der Waals surface area contributed by atoms with E-state index in [4.69, 9.17) is 4.74 Å². The van der Waals surface area contributed by atoms with Crippen LogP contribution in [0.5, 0.6) is 0 Å². The van der Waals surface area contributed by atoms with Gasteiger partial charge in [-0.1, -0.05) is 13.8 Å². The summed E-state index contributed by atoms with van der Waals surface area (Å²) >= 11 is 0. The molecular formula is C15H29N3O3. The molecule has 2 atom stereocenters.